The molecule has 0 radical (unpaired) electrons. The molecule has 0 saturated heterocycles. The third-order valence-corrected chi connectivity index (χ3v) is 4.49. The van der Waals surface area contributed by atoms with Gasteiger partial charge in [0.15, 0.2) is 5.82 Å². The van der Waals surface area contributed by atoms with Crippen LogP contribution in [0.25, 0.3) is 10.2 Å². The monoisotopic (exact) mass is 313 g/mol. The zero-order chi connectivity index (χ0) is 15.5. The number of thiophene rings is 1. The van der Waals surface area contributed by atoms with Gasteiger partial charge in [0.1, 0.15) is 5.82 Å². The maximum absolute atomic E-state index is 5.41. The first kappa shape index (κ1) is 14.9. The van der Waals surface area contributed by atoms with Crippen molar-refractivity contribution >= 4 is 33.1 Å². The number of aryl methyl sites for hydroxylation is 2. The molecule has 0 aliphatic carbocycles. The third-order valence-electron chi connectivity index (χ3n) is 3.39. The minimum atomic E-state index is 0.651. The zero-order valence-electron chi connectivity index (χ0n) is 13.0. The van der Waals surface area contributed by atoms with Crippen LogP contribution in [0.4, 0.5) is 11.5 Å². The Morgan fingerprint density at radius 3 is 2.64 bits per heavy atom. The maximum Gasteiger partial charge on any atom is 0.152 e. The molecule has 4 nitrogen and oxygen atoms in total. The van der Waals surface area contributed by atoms with Crippen molar-refractivity contribution in [2.45, 2.75) is 27.4 Å². The van der Waals surface area contributed by atoms with E-state index in [0.717, 1.165) is 34.2 Å². The molecule has 0 amide bonds. The fourth-order valence-electron chi connectivity index (χ4n) is 2.27. The highest BCUT2D eigenvalue weighted by atomic mass is 32.1. The van der Waals surface area contributed by atoms with Gasteiger partial charge >= 0.3 is 0 Å². The molecule has 5 heteroatoms. The number of aromatic nitrogens is 2. The summed E-state index contributed by atoms with van der Waals surface area (Å²) < 4.78 is 6.51. The van der Waals surface area contributed by atoms with Gasteiger partial charge in [-0.2, -0.15) is 0 Å². The molecular formula is C17H19N3OS. The lowest BCUT2D eigenvalue weighted by Crippen LogP contribution is -1.98. The summed E-state index contributed by atoms with van der Waals surface area (Å²) in [5.74, 6) is 1.66. The smallest absolute Gasteiger partial charge is 0.152 e. The van der Waals surface area contributed by atoms with E-state index in [4.69, 9.17) is 4.74 Å². The second-order valence-electron chi connectivity index (χ2n) is 5.17. The fourth-order valence-corrected chi connectivity index (χ4v) is 3.20. The quantitative estimate of drug-likeness (QED) is 0.748. The molecular weight excluding hydrogens is 294 g/mol. The van der Waals surface area contributed by atoms with Crippen molar-refractivity contribution in [2.75, 3.05) is 11.9 Å². The lowest BCUT2D eigenvalue weighted by atomic mass is 10.2. The Kier molecular flexibility index (Phi) is 4.36. The predicted octanol–water partition coefficient (Wildman–Crippen LogP) is 4.59. The van der Waals surface area contributed by atoms with Crippen LogP contribution < -0.4 is 5.32 Å². The van der Waals surface area contributed by atoms with Crippen LogP contribution in [0, 0.1) is 13.8 Å². The van der Waals surface area contributed by atoms with Crippen LogP contribution in [0.5, 0.6) is 0 Å². The van der Waals surface area contributed by atoms with Crippen LogP contribution in [-0.4, -0.2) is 16.6 Å². The van der Waals surface area contributed by atoms with Gasteiger partial charge in [0, 0.05) is 12.3 Å². The van der Waals surface area contributed by atoms with Crippen molar-refractivity contribution < 1.29 is 4.74 Å². The van der Waals surface area contributed by atoms with Gasteiger partial charge in [-0.1, -0.05) is 12.1 Å². The summed E-state index contributed by atoms with van der Waals surface area (Å²) in [6, 6.07) is 8.25. The molecule has 1 N–H and O–H groups in total. The Morgan fingerprint density at radius 2 is 1.91 bits per heavy atom. The van der Waals surface area contributed by atoms with Gasteiger partial charge in [0.25, 0.3) is 0 Å². The molecule has 114 valence electrons. The number of benzene rings is 1. The van der Waals surface area contributed by atoms with Crippen molar-refractivity contribution in [2.24, 2.45) is 0 Å². The molecule has 2 aromatic heterocycles. The average molecular weight is 313 g/mol. The summed E-state index contributed by atoms with van der Waals surface area (Å²) in [6.07, 6.45) is 0. The molecule has 0 spiro atoms. The summed E-state index contributed by atoms with van der Waals surface area (Å²) in [5, 5.41) is 5.52. The predicted molar refractivity (Wildman–Crippen MR) is 91.9 cm³/mol. The Labute approximate surface area is 134 Å². The molecule has 0 unspecified atom stereocenters. The van der Waals surface area contributed by atoms with Gasteiger partial charge in [0.2, 0.25) is 0 Å². The second kappa shape index (κ2) is 6.42. The van der Waals surface area contributed by atoms with E-state index in [-0.39, 0.29) is 0 Å². The second-order valence-corrected chi connectivity index (χ2v) is 6.05. The van der Waals surface area contributed by atoms with E-state index in [1.54, 1.807) is 11.3 Å². The Balaban J connectivity index is 1.86. The summed E-state index contributed by atoms with van der Waals surface area (Å²) in [6.45, 7) is 7.39. The molecule has 0 aliphatic heterocycles. The van der Waals surface area contributed by atoms with Gasteiger partial charge in [0.05, 0.1) is 16.8 Å². The number of hydrogen-bond donors (Lipinski definition) is 1. The molecule has 0 aliphatic rings. The van der Waals surface area contributed by atoms with Crippen molar-refractivity contribution in [3.05, 3.63) is 46.6 Å². The summed E-state index contributed by atoms with van der Waals surface area (Å²) >= 11 is 1.68. The Bertz CT molecular complexity index is 780. The van der Waals surface area contributed by atoms with E-state index in [9.17, 15) is 0 Å². The number of fused-ring (bicyclic) bond motifs is 1. The molecule has 3 rings (SSSR count). The summed E-state index contributed by atoms with van der Waals surface area (Å²) in [5.41, 5.74) is 4.42. The Hall–Kier alpha value is -1.98. The first-order chi connectivity index (χ1) is 10.7. The molecule has 2 heterocycles. The van der Waals surface area contributed by atoms with Gasteiger partial charge in [-0.25, -0.2) is 9.97 Å². The first-order valence-electron chi connectivity index (χ1n) is 7.33. The maximum atomic E-state index is 5.41. The van der Waals surface area contributed by atoms with Gasteiger partial charge < -0.3 is 10.1 Å². The van der Waals surface area contributed by atoms with E-state index < -0.39 is 0 Å². The van der Waals surface area contributed by atoms with Gasteiger partial charge in [-0.15, -0.1) is 11.3 Å². The average Bonchev–Trinajstić information content (AvgIpc) is 2.88. The third kappa shape index (κ3) is 3.10. The van der Waals surface area contributed by atoms with Crippen LogP contribution in [0.1, 0.15) is 23.9 Å². The normalized spacial score (nSPS) is 11.0. The fraction of sp³-hybridized carbons (Fsp3) is 0.294. The van der Waals surface area contributed by atoms with Crippen molar-refractivity contribution in [1.82, 2.24) is 9.97 Å². The molecule has 1 aromatic carbocycles. The van der Waals surface area contributed by atoms with Gasteiger partial charge in [-0.3, -0.25) is 0 Å². The lowest BCUT2D eigenvalue weighted by Gasteiger charge is -2.09. The van der Waals surface area contributed by atoms with E-state index in [1.807, 2.05) is 13.8 Å². The van der Waals surface area contributed by atoms with Crippen LogP contribution in [0.2, 0.25) is 0 Å². The van der Waals surface area contributed by atoms with E-state index in [0.29, 0.717) is 6.61 Å². The molecule has 0 saturated carbocycles. The highest BCUT2D eigenvalue weighted by molar-refractivity contribution is 7.18. The lowest BCUT2D eigenvalue weighted by molar-refractivity contribution is 0.134. The first-order valence-corrected chi connectivity index (χ1v) is 8.21. The highest BCUT2D eigenvalue weighted by Gasteiger charge is 2.10. The zero-order valence-corrected chi connectivity index (χ0v) is 13.8. The number of rotatable bonds is 5. The SMILES string of the molecule is CCOCc1ccc(Nc2nc(C)nc3c(C)csc23)cc1. The number of ether oxygens (including phenoxy) is 1. The van der Waals surface area contributed by atoms with Gasteiger partial charge in [-0.05, 0) is 49.4 Å². The van der Waals surface area contributed by atoms with Crippen molar-refractivity contribution in [3.63, 3.8) is 0 Å². The van der Waals surface area contributed by atoms with E-state index in [2.05, 4.69) is 51.9 Å². The van der Waals surface area contributed by atoms with Crippen LogP contribution in [-0.2, 0) is 11.3 Å². The van der Waals surface area contributed by atoms with Crippen molar-refractivity contribution in [3.8, 4) is 0 Å². The number of nitrogens with one attached hydrogen (secondary N) is 1. The van der Waals surface area contributed by atoms with E-state index >= 15 is 0 Å². The number of hydrogen-bond acceptors (Lipinski definition) is 5. The summed E-state index contributed by atoms with van der Waals surface area (Å²) in [4.78, 5) is 9.07. The summed E-state index contributed by atoms with van der Waals surface area (Å²) in [7, 11) is 0. The molecule has 3 aromatic rings. The standard InChI is InChI=1S/C17H19N3OS/c1-4-21-9-13-5-7-14(8-6-13)20-17-16-15(11(2)10-22-16)18-12(3)19-17/h5-8,10H,4,9H2,1-3H3,(H,18,19,20). The largest absolute Gasteiger partial charge is 0.377 e. The van der Waals surface area contributed by atoms with Crippen LogP contribution in [0.3, 0.4) is 0 Å². The number of nitrogens with zero attached hydrogens (tertiary/aromatic N) is 2. The molecule has 0 fully saturated rings. The highest BCUT2D eigenvalue weighted by Crippen LogP contribution is 2.31. The topological polar surface area (TPSA) is 47.0 Å². The van der Waals surface area contributed by atoms with Crippen molar-refractivity contribution in [1.29, 1.82) is 0 Å². The van der Waals surface area contributed by atoms with Crippen LogP contribution >= 0.6 is 11.3 Å². The van der Waals surface area contributed by atoms with E-state index in [1.165, 1.54) is 11.1 Å². The molecule has 0 atom stereocenters. The molecule has 0 bridgehead atoms. The Morgan fingerprint density at radius 1 is 1.14 bits per heavy atom. The minimum Gasteiger partial charge on any atom is -0.377 e. The molecule has 22 heavy (non-hydrogen) atoms. The van der Waals surface area contributed by atoms with Crippen LogP contribution in [0.15, 0.2) is 29.6 Å². The number of anilines is 2. The minimum absolute atomic E-state index is 0.651.